The van der Waals surface area contributed by atoms with Crippen molar-refractivity contribution in [2.75, 3.05) is 13.1 Å². The van der Waals surface area contributed by atoms with Gasteiger partial charge in [-0.3, -0.25) is 4.79 Å². The first-order valence-corrected chi connectivity index (χ1v) is 9.79. The number of likely N-dealkylation sites (tertiary alicyclic amines) is 1. The second-order valence-corrected chi connectivity index (χ2v) is 7.57. The Morgan fingerprint density at radius 2 is 1.86 bits per heavy atom. The maximum atomic E-state index is 13.3. The van der Waals surface area contributed by atoms with E-state index in [1.54, 1.807) is 4.68 Å². The van der Waals surface area contributed by atoms with E-state index in [2.05, 4.69) is 5.10 Å². The molecular formula is C22H27ClN4O2. The number of benzene rings is 1. The van der Waals surface area contributed by atoms with E-state index in [0.717, 1.165) is 37.4 Å². The first-order valence-electron chi connectivity index (χ1n) is 9.79. The van der Waals surface area contributed by atoms with Crippen LogP contribution in [-0.2, 0) is 0 Å². The minimum absolute atomic E-state index is 0. The highest BCUT2D eigenvalue weighted by atomic mass is 35.5. The van der Waals surface area contributed by atoms with Crippen molar-refractivity contribution in [3.05, 3.63) is 60.0 Å². The molecule has 0 saturated carbocycles. The number of carbonyl (C=O) groups excluding carboxylic acids is 1. The van der Waals surface area contributed by atoms with Crippen molar-refractivity contribution in [2.24, 2.45) is 11.7 Å². The third-order valence-electron chi connectivity index (χ3n) is 5.51. The lowest BCUT2D eigenvalue weighted by Crippen LogP contribution is -2.42. The van der Waals surface area contributed by atoms with Crippen LogP contribution >= 0.6 is 12.4 Å². The fourth-order valence-electron chi connectivity index (χ4n) is 3.79. The lowest BCUT2D eigenvalue weighted by atomic mass is 9.90. The molecule has 1 fully saturated rings. The maximum absolute atomic E-state index is 13.3. The van der Waals surface area contributed by atoms with Gasteiger partial charge in [0.15, 0.2) is 5.76 Å². The molecule has 0 radical (unpaired) electrons. The van der Waals surface area contributed by atoms with Crippen molar-refractivity contribution in [1.82, 2.24) is 14.7 Å². The molecule has 3 aromatic rings. The average molecular weight is 415 g/mol. The second-order valence-electron chi connectivity index (χ2n) is 7.57. The quantitative estimate of drug-likeness (QED) is 0.698. The van der Waals surface area contributed by atoms with Crippen molar-refractivity contribution < 1.29 is 9.21 Å². The van der Waals surface area contributed by atoms with E-state index in [-0.39, 0.29) is 24.4 Å². The number of rotatable bonds is 4. The molecule has 2 N–H and O–H groups in total. The number of hydrogen-bond donors (Lipinski definition) is 1. The molecule has 1 saturated heterocycles. The normalized spacial score (nSPS) is 15.8. The summed E-state index contributed by atoms with van der Waals surface area (Å²) < 4.78 is 7.53. The Bertz CT molecular complexity index is 956. The lowest BCUT2D eigenvalue weighted by molar-refractivity contribution is 0.0681. The van der Waals surface area contributed by atoms with Crippen molar-refractivity contribution in [1.29, 1.82) is 0 Å². The van der Waals surface area contributed by atoms with Crippen LogP contribution in [0.15, 0.2) is 53.1 Å². The Balaban J connectivity index is 0.00000240. The van der Waals surface area contributed by atoms with Crippen LogP contribution in [0.2, 0.25) is 0 Å². The van der Waals surface area contributed by atoms with E-state index in [1.807, 2.05) is 67.4 Å². The van der Waals surface area contributed by atoms with Gasteiger partial charge in [-0.15, -0.1) is 12.4 Å². The number of aryl methyl sites for hydroxylation is 1. The number of carbonyl (C=O) groups is 1. The molecule has 3 heterocycles. The smallest absolute Gasteiger partial charge is 0.257 e. The van der Waals surface area contributed by atoms with Gasteiger partial charge >= 0.3 is 0 Å². The minimum Gasteiger partial charge on any atom is -0.460 e. The second kappa shape index (κ2) is 8.84. The van der Waals surface area contributed by atoms with Gasteiger partial charge in [0.2, 0.25) is 0 Å². The molecule has 0 bridgehead atoms. The van der Waals surface area contributed by atoms with E-state index in [9.17, 15) is 4.79 Å². The third kappa shape index (κ3) is 4.38. The van der Waals surface area contributed by atoms with Crippen LogP contribution in [0.1, 0.15) is 35.9 Å². The molecule has 154 valence electrons. The predicted octanol–water partition coefficient (Wildman–Crippen LogP) is 4.06. The van der Waals surface area contributed by atoms with Gasteiger partial charge in [-0.25, -0.2) is 4.68 Å². The number of piperidine rings is 1. The van der Waals surface area contributed by atoms with Gasteiger partial charge in [-0.05, 0) is 56.9 Å². The lowest BCUT2D eigenvalue weighted by Gasteiger charge is -2.33. The highest BCUT2D eigenvalue weighted by Crippen LogP contribution is 2.28. The van der Waals surface area contributed by atoms with Gasteiger partial charge in [0, 0.05) is 25.3 Å². The molecule has 0 spiro atoms. The summed E-state index contributed by atoms with van der Waals surface area (Å²) in [7, 11) is 0. The van der Waals surface area contributed by atoms with Crippen molar-refractivity contribution >= 4 is 18.3 Å². The number of amides is 1. The van der Waals surface area contributed by atoms with Crippen LogP contribution in [0.5, 0.6) is 0 Å². The molecule has 6 nitrogen and oxygen atoms in total. The highest BCUT2D eigenvalue weighted by Gasteiger charge is 2.29. The third-order valence-corrected chi connectivity index (χ3v) is 5.51. The Hall–Kier alpha value is -2.57. The number of para-hydroxylation sites is 1. The molecule has 1 aliphatic rings. The molecule has 29 heavy (non-hydrogen) atoms. The Labute approximate surface area is 177 Å². The topological polar surface area (TPSA) is 77.3 Å². The zero-order valence-electron chi connectivity index (χ0n) is 16.7. The highest BCUT2D eigenvalue weighted by molar-refractivity contribution is 5.99. The molecule has 1 aromatic carbocycles. The Morgan fingerprint density at radius 3 is 2.45 bits per heavy atom. The molecule has 1 atom stereocenters. The van der Waals surface area contributed by atoms with E-state index in [1.165, 1.54) is 0 Å². The van der Waals surface area contributed by atoms with Crippen LogP contribution < -0.4 is 5.73 Å². The van der Waals surface area contributed by atoms with Crippen molar-refractivity contribution in [3.63, 3.8) is 0 Å². The zero-order chi connectivity index (χ0) is 19.7. The first kappa shape index (κ1) is 21.1. The maximum Gasteiger partial charge on any atom is 0.257 e. The molecule has 4 rings (SSSR count). The van der Waals surface area contributed by atoms with Crippen molar-refractivity contribution in [3.8, 4) is 17.1 Å². The van der Waals surface area contributed by atoms with E-state index in [0.29, 0.717) is 22.9 Å². The fraction of sp³-hybridized carbons (Fsp3) is 0.364. The predicted molar refractivity (Wildman–Crippen MR) is 116 cm³/mol. The molecule has 1 aliphatic heterocycles. The van der Waals surface area contributed by atoms with Crippen LogP contribution in [0.4, 0.5) is 0 Å². The van der Waals surface area contributed by atoms with E-state index in [4.69, 9.17) is 10.2 Å². The molecule has 0 aliphatic carbocycles. The summed E-state index contributed by atoms with van der Waals surface area (Å²) >= 11 is 0. The largest absolute Gasteiger partial charge is 0.460 e. The van der Waals surface area contributed by atoms with Gasteiger partial charge in [-0.1, -0.05) is 18.2 Å². The van der Waals surface area contributed by atoms with Gasteiger partial charge in [0.05, 0.1) is 11.3 Å². The zero-order valence-corrected chi connectivity index (χ0v) is 17.6. The molecular weight excluding hydrogens is 388 g/mol. The van der Waals surface area contributed by atoms with Gasteiger partial charge in [0.1, 0.15) is 11.5 Å². The van der Waals surface area contributed by atoms with E-state index < -0.39 is 0 Å². The molecule has 7 heteroatoms. The number of nitrogens with zero attached hydrogens (tertiary/aromatic N) is 3. The summed E-state index contributed by atoms with van der Waals surface area (Å²) in [6, 6.07) is 13.7. The minimum atomic E-state index is -0.00522. The van der Waals surface area contributed by atoms with Gasteiger partial charge in [0.25, 0.3) is 5.91 Å². The summed E-state index contributed by atoms with van der Waals surface area (Å²) in [5.74, 6) is 1.87. The summed E-state index contributed by atoms with van der Waals surface area (Å²) in [6.45, 7) is 5.37. The van der Waals surface area contributed by atoms with Crippen LogP contribution in [0.3, 0.4) is 0 Å². The van der Waals surface area contributed by atoms with E-state index >= 15 is 0 Å². The van der Waals surface area contributed by atoms with Crippen LogP contribution in [0.25, 0.3) is 17.1 Å². The van der Waals surface area contributed by atoms with Gasteiger partial charge in [-0.2, -0.15) is 5.10 Å². The van der Waals surface area contributed by atoms with Crippen molar-refractivity contribution in [2.45, 2.75) is 32.7 Å². The fourth-order valence-corrected chi connectivity index (χ4v) is 3.79. The number of hydrogen-bond acceptors (Lipinski definition) is 4. The summed E-state index contributed by atoms with van der Waals surface area (Å²) in [5, 5.41) is 4.68. The number of halogens is 1. The molecule has 1 amide bonds. The molecule has 2 aromatic heterocycles. The van der Waals surface area contributed by atoms with Crippen LogP contribution in [-0.4, -0.2) is 39.7 Å². The summed E-state index contributed by atoms with van der Waals surface area (Å²) in [5.41, 5.74) is 8.09. The first-order chi connectivity index (χ1) is 13.5. The standard InChI is InChI=1S/C22H26N4O2.ClH/c1-15-8-9-20(28-15)21-19(14-26(24-21)18-6-4-3-5-7-18)22(27)25-12-10-17(11-13-25)16(2)23;/h3-9,14,16-17H,10-13,23H2,1-2H3;1H. The SMILES string of the molecule is Cc1ccc(-c2nn(-c3ccccc3)cc2C(=O)N2CCC(C(C)N)CC2)o1.Cl. The molecule has 1 unspecified atom stereocenters. The number of aromatic nitrogens is 2. The number of furan rings is 1. The Morgan fingerprint density at radius 1 is 1.17 bits per heavy atom. The number of nitrogens with two attached hydrogens (primary N) is 1. The summed E-state index contributed by atoms with van der Waals surface area (Å²) in [4.78, 5) is 15.2. The monoisotopic (exact) mass is 414 g/mol. The summed E-state index contributed by atoms with van der Waals surface area (Å²) in [6.07, 6.45) is 3.68. The average Bonchev–Trinajstić information content (AvgIpc) is 3.34. The van der Waals surface area contributed by atoms with Gasteiger partial charge < -0.3 is 15.1 Å². The Kier molecular flexibility index (Phi) is 6.45. The van der Waals surface area contributed by atoms with Crippen LogP contribution in [0, 0.1) is 12.8 Å².